The number of hydrogen-bond acceptors (Lipinski definition) is 3. The minimum absolute atomic E-state index is 0.00901. The van der Waals surface area contributed by atoms with Crippen molar-refractivity contribution < 1.29 is 9.18 Å². The average molecular weight is 334 g/mol. The molecule has 1 saturated heterocycles. The van der Waals surface area contributed by atoms with Crippen molar-refractivity contribution in [2.45, 2.75) is 25.0 Å². The zero-order valence-corrected chi connectivity index (χ0v) is 13.1. The number of benzene rings is 2. The van der Waals surface area contributed by atoms with Crippen LogP contribution in [0, 0.1) is 5.82 Å². The second kappa shape index (κ2) is 7.08. The highest BCUT2D eigenvalue weighted by Crippen LogP contribution is 2.28. The van der Waals surface area contributed by atoms with E-state index in [4.69, 9.17) is 11.6 Å². The van der Waals surface area contributed by atoms with Gasteiger partial charge in [-0.25, -0.2) is 15.2 Å². The van der Waals surface area contributed by atoms with E-state index in [9.17, 15) is 9.18 Å². The van der Waals surface area contributed by atoms with Crippen molar-refractivity contribution in [2.24, 2.45) is 0 Å². The Kier molecular flexibility index (Phi) is 4.91. The maximum atomic E-state index is 12.9. The number of rotatable bonds is 4. The van der Waals surface area contributed by atoms with Gasteiger partial charge >= 0.3 is 0 Å². The lowest BCUT2D eigenvalue weighted by atomic mass is 10.0. The molecule has 0 radical (unpaired) electrons. The van der Waals surface area contributed by atoms with E-state index >= 15 is 0 Å². The molecule has 2 atom stereocenters. The molecule has 4 nitrogen and oxygen atoms in total. The third-order valence-corrected chi connectivity index (χ3v) is 4.22. The molecule has 1 aliphatic rings. The van der Waals surface area contributed by atoms with Crippen LogP contribution in [0.2, 0.25) is 5.02 Å². The average Bonchev–Trinajstić information content (AvgIpc) is 3.04. The Morgan fingerprint density at radius 3 is 2.65 bits per heavy atom. The second-order valence-electron chi connectivity index (χ2n) is 5.50. The first kappa shape index (κ1) is 15.9. The predicted molar refractivity (Wildman–Crippen MR) is 87.1 cm³/mol. The molecule has 1 heterocycles. The first-order valence-electron chi connectivity index (χ1n) is 7.41. The summed E-state index contributed by atoms with van der Waals surface area (Å²) in [5.41, 5.74) is 7.93. The van der Waals surface area contributed by atoms with Crippen LogP contribution >= 0.6 is 11.6 Å². The van der Waals surface area contributed by atoms with Crippen LogP contribution in [0.1, 0.15) is 23.6 Å². The summed E-state index contributed by atoms with van der Waals surface area (Å²) >= 11 is 6.19. The fourth-order valence-corrected chi connectivity index (χ4v) is 2.87. The molecule has 0 saturated carbocycles. The smallest absolute Gasteiger partial charge is 0.238 e. The van der Waals surface area contributed by atoms with E-state index in [1.807, 2.05) is 24.3 Å². The van der Waals surface area contributed by atoms with Gasteiger partial charge in [-0.3, -0.25) is 4.79 Å². The molecule has 2 aromatic rings. The summed E-state index contributed by atoms with van der Waals surface area (Å²) in [6.07, 6.45) is 0.610. The van der Waals surface area contributed by atoms with Crippen LogP contribution in [-0.4, -0.2) is 11.9 Å². The number of hydrazine groups is 1. The molecule has 0 bridgehead atoms. The zero-order valence-electron chi connectivity index (χ0n) is 12.4. The molecule has 6 heteroatoms. The van der Waals surface area contributed by atoms with E-state index in [1.54, 1.807) is 12.1 Å². The van der Waals surface area contributed by atoms with Gasteiger partial charge in [0.25, 0.3) is 0 Å². The molecule has 1 aliphatic heterocycles. The summed E-state index contributed by atoms with van der Waals surface area (Å²) in [6.45, 7) is 0.369. The predicted octanol–water partition coefficient (Wildman–Crippen LogP) is 2.70. The Morgan fingerprint density at radius 2 is 1.91 bits per heavy atom. The molecule has 2 aromatic carbocycles. The van der Waals surface area contributed by atoms with Gasteiger partial charge in [0.15, 0.2) is 0 Å². The normalized spacial score (nSPS) is 20.4. The second-order valence-corrected chi connectivity index (χ2v) is 5.90. The van der Waals surface area contributed by atoms with Crippen molar-refractivity contribution in [1.29, 1.82) is 0 Å². The van der Waals surface area contributed by atoms with Gasteiger partial charge in [0.2, 0.25) is 5.91 Å². The van der Waals surface area contributed by atoms with E-state index in [0.29, 0.717) is 18.0 Å². The Hall–Kier alpha value is -1.95. The van der Waals surface area contributed by atoms with Crippen molar-refractivity contribution in [3.8, 4) is 0 Å². The van der Waals surface area contributed by atoms with E-state index in [1.165, 1.54) is 12.1 Å². The molecule has 1 amide bonds. The van der Waals surface area contributed by atoms with E-state index in [2.05, 4.69) is 16.2 Å². The first-order valence-corrected chi connectivity index (χ1v) is 7.79. The maximum Gasteiger partial charge on any atom is 0.238 e. The van der Waals surface area contributed by atoms with Gasteiger partial charge in [-0.05, 0) is 35.7 Å². The third-order valence-electron chi connectivity index (χ3n) is 3.88. The molecular weight excluding hydrogens is 317 g/mol. The minimum atomic E-state index is -0.336. The lowest BCUT2D eigenvalue weighted by Crippen LogP contribution is -2.42. The van der Waals surface area contributed by atoms with Gasteiger partial charge in [0.1, 0.15) is 11.9 Å². The van der Waals surface area contributed by atoms with Crippen LogP contribution in [0.5, 0.6) is 0 Å². The Morgan fingerprint density at radius 1 is 1.17 bits per heavy atom. The molecule has 1 fully saturated rings. The summed E-state index contributed by atoms with van der Waals surface area (Å²) < 4.78 is 12.9. The van der Waals surface area contributed by atoms with Crippen LogP contribution in [0.25, 0.3) is 0 Å². The fraction of sp³-hybridized carbons (Fsp3) is 0.235. The molecule has 3 N–H and O–H groups in total. The lowest BCUT2D eigenvalue weighted by Gasteiger charge is -2.12. The highest BCUT2D eigenvalue weighted by atomic mass is 35.5. The van der Waals surface area contributed by atoms with Crippen LogP contribution in [0.4, 0.5) is 4.39 Å². The minimum Gasteiger partial charge on any atom is -0.351 e. The van der Waals surface area contributed by atoms with Crippen LogP contribution in [0.15, 0.2) is 48.5 Å². The van der Waals surface area contributed by atoms with Crippen LogP contribution in [0.3, 0.4) is 0 Å². The third kappa shape index (κ3) is 3.88. The number of nitrogens with one attached hydrogen (secondary N) is 3. The van der Waals surface area contributed by atoms with Crippen molar-refractivity contribution in [2.75, 3.05) is 0 Å². The quantitative estimate of drug-likeness (QED) is 0.806. The number of carbonyl (C=O) groups excluding carboxylic acids is 1. The zero-order chi connectivity index (χ0) is 16.2. The monoisotopic (exact) mass is 333 g/mol. The van der Waals surface area contributed by atoms with Gasteiger partial charge in [0.05, 0.1) is 0 Å². The summed E-state index contributed by atoms with van der Waals surface area (Å²) in [5, 5.41) is 3.53. The van der Waals surface area contributed by atoms with Gasteiger partial charge < -0.3 is 5.32 Å². The van der Waals surface area contributed by atoms with E-state index < -0.39 is 0 Å². The molecule has 3 rings (SSSR count). The highest BCUT2D eigenvalue weighted by molar-refractivity contribution is 6.31. The summed E-state index contributed by atoms with van der Waals surface area (Å²) in [7, 11) is 0. The van der Waals surface area contributed by atoms with Gasteiger partial charge in [0, 0.05) is 17.6 Å². The standard InChI is InChI=1S/C17H17ClFN3O/c18-14-4-2-1-3-13(14)15-9-16(22-21-15)17(23)20-10-11-5-7-12(19)8-6-11/h1-8,15-16,21-22H,9-10H2,(H,20,23). The maximum absolute atomic E-state index is 12.9. The number of carbonyl (C=O) groups is 1. The SMILES string of the molecule is O=C(NCc1ccc(F)cc1)C1CC(c2ccccc2Cl)NN1. The molecule has 0 aliphatic carbocycles. The number of amides is 1. The van der Waals surface area contributed by atoms with Gasteiger partial charge in [-0.2, -0.15) is 0 Å². The number of hydrogen-bond donors (Lipinski definition) is 3. The van der Waals surface area contributed by atoms with Crippen LogP contribution < -0.4 is 16.2 Å². The van der Waals surface area contributed by atoms with E-state index in [-0.39, 0.29) is 23.8 Å². The van der Waals surface area contributed by atoms with Gasteiger partial charge in [-0.15, -0.1) is 0 Å². The van der Waals surface area contributed by atoms with Crippen molar-refractivity contribution in [1.82, 2.24) is 16.2 Å². The molecule has 23 heavy (non-hydrogen) atoms. The van der Waals surface area contributed by atoms with Gasteiger partial charge in [-0.1, -0.05) is 41.9 Å². The topological polar surface area (TPSA) is 53.2 Å². The fourth-order valence-electron chi connectivity index (χ4n) is 2.60. The molecule has 0 aromatic heterocycles. The molecular formula is C17H17ClFN3O. The highest BCUT2D eigenvalue weighted by Gasteiger charge is 2.30. The lowest BCUT2D eigenvalue weighted by molar-refractivity contribution is -0.123. The van der Waals surface area contributed by atoms with Crippen molar-refractivity contribution >= 4 is 17.5 Å². The Bertz CT molecular complexity index is 692. The Labute approximate surface area is 139 Å². The molecule has 120 valence electrons. The largest absolute Gasteiger partial charge is 0.351 e. The molecule has 2 unspecified atom stereocenters. The Balaban J connectivity index is 1.55. The number of halogens is 2. The first-order chi connectivity index (χ1) is 11.1. The van der Waals surface area contributed by atoms with Crippen molar-refractivity contribution in [3.63, 3.8) is 0 Å². The van der Waals surface area contributed by atoms with Crippen LogP contribution in [-0.2, 0) is 11.3 Å². The van der Waals surface area contributed by atoms with E-state index in [0.717, 1.165) is 11.1 Å². The summed E-state index contributed by atoms with van der Waals surface area (Å²) in [6, 6.07) is 13.3. The molecule has 0 spiro atoms. The summed E-state index contributed by atoms with van der Waals surface area (Å²) in [4.78, 5) is 12.2. The summed E-state index contributed by atoms with van der Waals surface area (Å²) in [5.74, 6) is -0.388. The van der Waals surface area contributed by atoms with Crippen molar-refractivity contribution in [3.05, 3.63) is 70.5 Å².